The summed E-state index contributed by atoms with van der Waals surface area (Å²) in [4.78, 5) is 17.7. The molecular formula is C14H19N7O. The molecule has 1 fully saturated rings. The van der Waals surface area contributed by atoms with Crippen LogP contribution in [-0.2, 0) is 6.54 Å². The van der Waals surface area contributed by atoms with Gasteiger partial charge in [0.05, 0.1) is 0 Å². The Kier molecular flexibility index (Phi) is 4.27. The fourth-order valence-electron chi connectivity index (χ4n) is 2.76. The van der Waals surface area contributed by atoms with Gasteiger partial charge in [0.2, 0.25) is 0 Å². The summed E-state index contributed by atoms with van der Waals surface area (Å²) in [5, 5.41) is 14.9. The van der Waals surface area contributed by atoms with Gasteiger partial charge in [-0.05, 0) is 30.9 Å². The van der Waals surface area contributed by atoms with E-state index in [-0.39, 0.29) is 5.91 Å². The normalized spacial score (nSPS) is 18.2. The molecule has 0 radical (unpaired) electrons. The lowest BCUT2D eigenvalue weighted by Crippen LogP contribution is -2.37. The summed E-state index contributed by atoms with van der Waals surface area (Å²) in [7, 11) is 1.58. The van der Waals surface area contributed by atoms with Gasteiger partial charge in [0.15, 0.2) is 11.5 Å². The number of amides is 1. The number of nitrogens with zero attached hydrogens (tertiary/aromatic N) is 6. The number of aromatic nitrogens is 5. The molecule has 1 aliphatic heterocycles. The number of carbonyl (C=O) groups excluding carboxylic acids is 1. The van der Waals surface area contributed by atoms with E-state index in [1.807, 2.05) is 10.7 Å². The zero-order chi connectivity index (χ0) is 15.4. The number of anilines is 1. The summed E-state index contributed by atoms with van der Waals surface area (Å²) in [6, 6.07) is 3.57. The number of nitrogens with one attached hydrogen (secondary N) is 1. The van der Waals surface area contributed by atoms with Crippen molar-refractivity contribution in [2.75, 3.05) is 25.0 Å². The molecule has 0 spiro atoms. The van der Waals surface area contributed by atoms with E-state index in [1.54, 1.807) is 25.8 Å². The maximum atomic E-state index is 11.5. The minimum absolute atomic E-state index is 0.221. The summed E-state index contributed by atoms with van der Waals surface area (Å²) in [5.74, 6) is 1.11. The summed E-state index contributed by atoms with van der Waals surface area (Å²) in [6.45, 7) is 2.73. The van der Waals surface area contributed by atoms with Crippen LogP contribution in [0.3, 0.4) is 0 Å². The Morgan fingerprint density at radius 2 is 2.32 bits per heavy atom. The van der Waals surface area contributed by atoms with Crippen LogP contribution in [-0.4, -0.2) is 51.0 Å². The van der Waals surface area contributed by atoms with Crippen molar-refractivity contribution in [2.45, 2.75) is 19.4 Å². The van der Waals surface area contributed by atoms with Gasteiger partial charge in [-0.1, -0.05) is 0 Å². The van der Waals surface area contributed by atoms with Crippen LogP contribution >= 0.6 is 0 Å². The van der Waals surface area contributed by atoms with Gasteiger partial charge in [0.25, 0.3) is 5.91 Å². The molecule has 8 heteroatoms. The smallest absolute Gasteiger partial charge is 0.271 e. The van der Waals surface area contributed by atoms with Crippen LogP contribution in [0.25, 0.3) is 0 Å². The molecule has 2 aromatic heterocycles. The van der Waals surface area contributed by atoms with E-state index in [9.17, 15) is 4.79 Å². The molecule has 0 saturated carbocycles. The molecule has 0 aliphatic carbocycles. The minimum Gasteiger partial charge on any atom is -0.355 e. The van der Waals surface area contributed by atoms with E-state index in [2.05, 4.69) is 30.5 Å². The van der Waals surface area contributed by atoms with Crippen molar-refractivity contribution >= 4 is 11.7 Å². The lowest BCUT2D eigenvalue weighted by Gasteiger charge is -2.33. The number of carbonyl (C=O) groups is 1. The molecule has 116 valence electrons. The average Bonchev–Trinajstić information content (AvgIpc) is 3.07. The van der Waals surface area contributed by atoms with Gasteiger partial charge < -0.3 is 10.2 Å². The van der Waals surface area contributed by atoms with Gasteiger partial charge in [-0.2, -0.15) is 5.10 Å². The van der Waals surface area contributed by atoms with Gasteiger partial charge in [-0.3, -0.25) is 9.48 Å². The second kappa shape index (κ2) is 6.50. The molecule has 3 heterocycles. The molecule has 1 atom stereocenters. The highest BCUT2D eigenvalue weighted by molar-refractivity contribution is 5.91. The monoisotopic (exact) mass is 301 g/mol. The molecule has 1 saturated heterocycles. The van der Waals surface area contributed by atoms with E-state index in [1.165, 1.54) is 6.42 Å². The van der Waals surface area contributed by atoms with Gasteiger partial charge in [0, 0.05) is 26.7 Å². The first-order valence-electron chi connectivity index (χ1n) is 7.39. The number of rotatable bonds is 4. The summed E-state index contributed by atoms with van der Waals surface area (Å²) >= 11 is 0. The molecular weight excluding hydrogens is 282 g/mol. The molecule has 0 bridgehead atoms. The quantitative estimate of drug-likeness (QED) is 0.876. The van der Waals surface area contributed by atoms with Crippen molar-refractivity contribution in [1.29, 1.82) is 0 Å². The first-order valence-corrected chi connectivity index (χ1v) is 7.39. The number of piperidine rings is 1. The van der Waals surface area contributed by atoms with Crippen LogP contribution in [0, 0.1) is 5.92 Å². The molecule has 0 aromatic carbocycles. The molecule has 3 rings (SSSR count). The highest BCUT2D eigenvalue weighted by atomic mass is 16.1. The second-order valence-electron chi connectivity index (χ2n) is 5.43. The SMILES string of the molecule is CNC(=O)c1ccc(N2CCCC(Cn3cncn3)C2)nn1. The van der Waals surface area contributed by atoms with Crippen LogP contribution in [0.5, 0.6) is 0 Å². The lowest BCUT2D eigenvalue weighted by molar-refractivity contribution is 0.0957. The van der Waals surface area contributed by atoms with Gasteiger partial charge in [-0.15, -0.1) is 10.2 Å². The molecule has 22 heavy (non-hydrogen) atoms. The van der Waals surface area contributed by atoms with Crippen molar-refractivity contribution < 1.29 is 4.79 Å². The predicted octanol–water partition coefficient (Wildman–Crippen LogP) is 0.344. The van der Waals surface area contributed by atoms with Crippen molar-refractivity contribution in [3.05, 3.63) is 30.5 Å². The van der Waals surface area contributed by atoms with Crippen LogP contribution in [0.4, 0.5) is 5.82 Å². The van der Waals surface area contributed by atoms with Gasteiger partial charge in [-0.25, -0.2) is 4.98 Å². The summed E-state index contributed by atoms with van der Waals surface area (Å²) < 4.78 is 1.87. The molecule has 1 amide bonds. The standard InChI is InChI=1S/C14H19N7O/c1-15-14(22)12-4-5-13(19-18-12)20-6-2-3-11(7-20)8-21-10-16-9-17-21/h4-5,9-11H,2-3,6-8H2,1H3,(H,15,22). The Morgan fingerprint density at radius 3 is 3.00 bits per heavy atom. The third kappa shape index (κ3) is 3.21. The van der Waals surface area contributed by atoms with E-state index >= 15 is 0 Å². The number of hydrogen-bond donors (Lipinski definition) is 1. The zero-order valence-electron chi connectivity index (χ0n) is 12.5. The third-order valence-corrected chi connectivity index (χ3v) is 3.86. The molecule has 1 aliphatic rings. The van der Waals surface area contributed by atoms with Crippen LogP contribution in [0.1, 0.15) is 23.3 Å². The molecule has 1 N–H and O–H groups in total. The Bertz CT molecular complexity index is 611. The average molecular weight is 301 g/mol. The van der Waals surface area contributed by atoms with E-state index in [0.29, 0.717) is 11.6 Å². The van der Waals surface area contributed by atoms with Crippen LogP contribution < -0.4 is 10.2 Å². The van der Waals surface area contributed by atoms with Crippen molar-refractivity contribution in [1.82, 2.24) is 30.3 Å². The van der Waals surface area contributed by atoms with Crippen molar-refractivity contribution in [3.63, 3.8) is 0 Å². The fourth-order valence-corrected chi connectivity index (χ4v) is 2.76. The third-order valence-electron chi connectivity index (χ3n) is 3.86. The van der Waals surface area contributed by atoms with Gasteiger partial charge >= 0.3 is 0 Å². The number of hydrogen-bond acceptors (Lipinski definition) is 6. The Hall–Kier alpha value is -2.51. The maximum absolute atomic E-state index is 11.5. The zero-order valence-corrected chi connectivity index (χ0v) is 12.5. The Labute approximate surface area is 128 Å². The second-order valence-corrected chi connectivity index (χ2v) is 5.43. The largest absolute Gasteiger partial charge is 0.355 e. The Balaban J connectivity index is 1.65. The van der Waals surface area contributed by atoms with Crippen LogP contribution in [0.15, 0.2) is 24.8 Å². The van der Waals surface area contributed by atoms with Crippen molar-refractivity contribution in [3.8, 4) is 0 Å². The highest BCUT2D eigenvalue weighted by Crippen LogP contribution is 2.22. The fraction of sp³-hybridized carbons (Fsp3) is 0.500. The van der Waals surface area contributed by atoms with E-state index < -0.39 is 0 Å². The first kappa shape index (κ1) is 14.4. The Morgan fingerprint density at radius 1 is 1.41 bits per heavy atom. The molecule has 8 nitrogen and oxygen atoms in total. The van der Waals surface area contributed by atoms with E-state index in [4.69, 9.17) is 0 Å². The predicted molar refractivity (Wildman–Crippen MR) is 80.4 cm³/mol. The maximum Gasteiger partial charge on any atom is 0.271 e. The summed E-state index contributed by atoms with van der Waals surface area (Å²) in [6.07, 6.45) is 5.58. The van der Waals surface area contributed by atoms with Crippen LogP contribution in [0.2, 0.25) is 0 Å². The summed E-state index contributed by atoms with van der Waals surface area (Å²) in [5.41, 5.74) is 0.336. The molecule has 1 unspecified atom stereocenters. The highest BCUT2D eigenvalue weighted by Gasteiger charge is 2.22. The topological polar surface area (TPSA) is 88.8 Å². The van der Waals surface area contributed by atoms with Crippen molar-refractivity contribution in [2.24, 2.45) is 5.92 Å². The van der Waals surface area contributed by atoms with E-state index in [0.717, 1.165) is 31.9 Å². The van der Waals surface area contributed by atoms with Gasteiger partial charge in [0.1, 0.15) is 12.7 Å². The lowest BCUT2D eigenvalue weighted by atomic mass is 9.98. The first-order chi connectivity index (χ1) is 10.8. The molecule has 2 aromatic rings. The minimum atomic E-state index is -0.221.